The van der Waals surface area contributed by atoms with Crippen LogP contribution in [0.5, 0.6) is 0 Å². The third-order valence-electron chi connectivity index (χ3n) is 4.96. The lowest BCUT2D eigenvalue weighted by molar-refractivity contribution is 0.672. The predicted octanol–water partition coefficient (Wildman–Crippen LogP) is 6.84. The Hall–Kier alpha value is -2.80. The van der Waals surface area contributed by atoms with Gasteiger partial charge in [-0.3, -0.25) is 0 Å². The zero-order valence-electron chi connectivity index (χ0n) is 13.7. The van der Waals surface area contributed by atoms with Crippen molar-refractivity contribution in [3.8, 4) is 0 Å². The molecule has 24 heavy (non-hydrogen) atoms. The molecule has 0 bridgehead atoms. The number of rotatable bonds is 2. The Morgan fingerprint density at radius 2 is 1.46 bits per heavy atom. The van der Waals surface area contributed by atoms with Crippen LogP contribution in [-0.2, 0) is 6.42 Å². The molecule has 0 radical (unpaired) electrons. The second-order valence-electron chi connectivity index (χ2n) is 6.51. The van der Waals surface area contributed by atoms with E-state index in [0.717, 1.165) is 17.6 Å². The molecule has 0 N–H and O–H groups in total. The lowest BCUT2D eigenvalue weighted by Crippen LogP contribution is -1.84. The van der Waals surface area contributed by atoms with Crippen LogP contribution in [0.3, 0.4) is 0 Å². The molecule has 1 aromatic heterocycles. The molecule has 1 heterocycles. The van der Waals surface area contributed by atoms with E-state index >= 15 is 0 Å². The van der Waals surface area contributed by atoms with E-state index in [0.29, 0.717) is 0 Å². The lowest BCUT2D eigenvalue weighted by Gasteiger charge is -2.07. The molecule has 5 rings (SSSR count). The fourth-order valence-corrected chi connectivity index (χ4v) is 3.82. The summed E-state index contributed by atoms with van der Waals surface area (Å²) in [6.45, 7) is 2.23. The summed E-state index contributed by atoms with van der Waals surface area (Å²) in [7, 11) is 0. The zero-order valence-corrected chi connectivity index (χ0v) is 13.7. The molecule has 0 amide bonds. The zero-order chi connectivity index (χ0) is 16.1. The van der Waals surface area contributed by atoms with E-state index in [1.807, 2.05) is 12.1 Å². The number of hydrogen-bond donors (Lipinski definition) is 0. The van der Waals surface area contributed by atoms with Crippen molar-refractivity contribution in [3.63, 3.8) is 0 Å². The number of para-hydroxylation sites is 1. The van der Waals surface area contributed by atoms with Gasteiger partial charge in [0.25, 0.3) is 0 Å². The molecule has 0 atom stereocenters. The van der Waals surface area contributed by atoms with Gasteiger partial charge in [-0.1, -0.05) is 61.9 Å². The third kappa shape index (κ3) is 1.88. The minimum Gasteiger partial charge on any atom is -0.455 e. The Morgan fingerprint density at radius 3 is 2.38 bits per heavy atom. The fourth-order valence-electron chi connectivity index (χ4n) is 3.82. The Kier molecular flexibility index (Phi) is 2.90. The van der Waals surface area contributed by atoms with Crippen molar-refractivity contribution < 1.29 is 4.42 Å². The van der Waals surface area contributed by atoms with Crippen molar-refractivity contribution in [2.45, 2.75) is 19.8 Å². The molecule has 5 aromatic rings. The average molecular weight is 310 g/mol. The van der Waals surface area contributed by atoms with Crippen LogP contribution in [0.15, 0.2) is 71.1 Å². The number of fused-ring (bicyclic) bond motifs is 7. The van der Waals surface area contributed by atoms with Gasteiger partial charge in [0.2, 0.25) is 0 Å². The Morgan fingerprint density at radius 1 is 0.708 bits per heavy atom. The Bertz CT molecular complexity index is 1210. The molecular formula is C23H18O. The highest BCUT2D eigenvalue weighted by Crippen LogP contribution is 2.36. The molecule has 1 nitrogen and oxygen atoms in total. The number of hydrogen-bond acceptors (Lipinski definition) is 1. The van der Waals surface area contributed by atoms with Crippen molar-refractivity contribution in [2.75, 3.05) is 0 Å². The number of aryl methyl sites for hydroxylation is 1. The molecule has 0 fully saturated rings. The molecule has 0 spiro atoms. The van der Waals surface area contributed by atoms with Crippen LogP contribution in [0.4, 0.5) is 0 Å². The second kappa shape index (κ2) is 5.10. The predicted molar refractivity (Wildman–Crippen MR) is 103 cm³/mol. The van der Waals surface area contributed by atoms with Crippen LogP contribution < -0.4 is 0 Å². The van der Waals surface area contributed by atoms with E-state index in [-0.39, 0.29) is 0 Å². The van der Waals surface area contributed by atoms with Gasteiger partial charge in [0.15, 0.2) is 0 Å². The smallest absolute Gasteiger partial charge is 0.143 e. The van der Waals surface area contributed by atoms with E-state index in [2.05, 4.69) is 61.5 Å². The molecule has 0 aliphatic heterocycles. The van der Waals surface area contributed by atoms with E-state index in [1.54, 1.807) is 0 Å². The van der Waals surface area contributed by atoms with E-state index in [9.17, 15) is 0 Å². The average Bonchev–Trinajstić information content (AvgIpc) is 3.00. The quantitative estimate of drug-likeness (QED) is 0.325. The maximum Gasteiger partial charge on any atom is 0.143 e. The van der Waals surface area contributed by atoms with Gasteiger partial charge in [-0.05, 0) is 46.3 Å². The fraction of sp³-hybridized carbons (Fsp3) is 0.130. The Balaban J connectivity index is 1.88. The third-order valence-corrected chi connectivity index (χ3v) is 4.96. The molecule has 0 saturated heterocycles. The first-order valence-electron chi connectivity index (χ1n) is 8.61. The van der Waals surface area contributed by atoms with Gasteiger partial charge in [0.05, 0.1) is 0 Å². The summed E-state index contributed by atoms with van der Waals surface area (Å²) in [5, 5.41) is 7.45. The molecule has 0 saturated carbocycles. The molecule has 4 aromatic carbocycles. The summed E-state index contributed by atoms with van der Waals surface area (Å²) >= 11 is 0. The summed E-state index contributed by atoms with van der Waals surface area (Å²) in [6, 6.07) is 24.0. The normalized spacial score (nSPS) is 11.9. The summed E-state index contributed by atoms with van der Waals surface area (Å²) in [6.07, 6.45) is 2.31. The minimum absolute atomic E-state index is 0.957. The van der Waals surface area contributed by atoms with Crippen LogP contribution in [0.1, 0.15) is 18.9 Å². The van der Waals surface area contributed by atoms with Crippen molar-refractivity contribution in [2.24, 2.45) is 0 Å². The highest BCUT2D eigenvalue weighted by Gasteiger charge is 2.11. The van der Waals surface area contributed by atoms with Gasteiger partial charge in [0.1, 0.15) is 11.2 Å². The van der Waals surface area contributed by atoms with Crippen LogP contribution in [-0.4, -0.2) is 0 Å². The van der Waals surface area contributed by atoms with Crippen molar-refractivity contribution in [1.82, 2.24) is 0 Å². The van der Waals surface area contributed by atoms with Crippen LogP contribution in [0.2, 0.25) is 0 Å². The molecule has 0 unspecified atom stereocenters. The second-order valence-corrected chi connectivity index (χ2v) is 6.51. The number of benzene rings is 4. The molecule has 0 aliphatic rings. The van der Waals surface area contributed by atoms with Gasteiger partial charge < -0.3 is 4.42 Å². The maximum absolute atomic E-state index is 6.18. The summed E-state index contributed by atoms with van der Waals surface area (Å²) in [5.41, 5.74) is 3.36. The number of furan rings is 1. The highest BCUT2D eigenvalue weighted by molar-refractivity contribution is 6.20. The first-order chi connectivity index (χ1) is 11.8. The first kappa shape index (κ1) is 13.6. The molecule has 1 heteroatoms. The van der Waals surface area contributed by atoms with Crippen molar-refractivity contribution in [1.29, 1.82) is 0 Å². The van der Waals surface area contributed by atoms with Crippen LogP contribution in [0.25, 0.3) is 43.5 Å². The van der Waals surface area contributed by atoms with Crippen molar-refractivity contribution in [3.05, 3.63) is 72.3 Å². The standard InChI is InChI=1S/C23H18O/c1-2-5-15-8-10-17-16(14-15)9-11-20-18(17)12-13-21-19-6-3-4-7-22(19)24-23(20)21/h3-4,6-14H,2,5H2,1H3. The minimum atomic E-state index is 0.957. The van der Waals surface area contributed by atoms with Crippen LogP contribution in [0, 0.1) is 0 Å². The maximum atomic E-state index is 6.18. The van der Waals surface area contributed by atoms with Gasteiger partial charge in [-0.2, -0.15) is 0 Å². The molecule has 0 aliphatic carbocycles. The van der Waals surface area contributed by atoms with Crippen LogP contribution >= 0.6 is 0 Å². The summed E-state index contributed by atoms with van der Waals surface area (Å²) in [4.78, 5) is 0. The summed E-state index contributed by atoms with van der Waals surface area (Å²) in [5.74, 6) is 0. The van der Waals surface area contributed by atoms with E-state index < -0.39 is 0 Å². The monoisotopic (exact) mass is 310 g/mol. The highest BCUT2D eigenvalue weighted by atomic mass is 16.3. The van der Waals surface area contributed by atoms with Gasteiger partial charge in [-0.15, -0.1) is 0 Å². The van der Waals surface area contributed by atoms with Crippen molar-refractivity contribution >= 4 is 43.5 Å². The van der Waals surface area contributed by atoms with E-state index in [1.165, 1.54) is 44.3 Å². The Labute approximate surface area is 140 Å². The molecule has 116 valence electrons. The topological polar surface area (TPSA) is 13.1 Å². The first-order valence-corrected chi connectivity index (χ1v) is 8.61. The molecular weight excluding hydrogens is 292 g/mol. The van der Waals surface area contributed by atoms with Gasteiger partial charge in [0, 0.05) is 16.2 Å². The largest absolute Gasteiger partial charge is 0.455 e. The SMILES string of the molecule is CCCc1ccc2c(ccc3c2ccc2c4ccccc4oc23)c1. The lowest BCUT2D eigenvalue weighted by atomic mass is 9.97. The van der Waals surface area contributed by atoms with Gasteiger partial charge >= 0.3 is 0 Å². The van der Waals surface area contributed by atoms with Gasteiger partial charge in [-0.25, -0.2) is 0 Å². The van der Waals surface area contributed by atoms with E-state index in [4.69, 9.17) is 4.42 Å². The summed E-state index contributed by atoms with van der Waals surface area (Å²) < 4.78 is 6.18.